The fourth-order valence-electron chi connectivity index (χ4n) is 1.49. The predicted molar refractivity (Wildman–Crippen MR) is 73.8 cm³/mol. The maximum atomic E-state index is 11.2. The minimum atomic E-state index is -0.588. The predicted octanol–water partition coefficient (Wildman–Crippen LogP) is 2.09. The fraction of sp³-hybridized carbons (Fsp3) is 0.0909. The van der Waals surface area contributed by atoms with Crippen LogP contribution >= 0.6 is 23.1 Å². The van der Waals surface area contributed by atoms with Gasteiger partial charge in [0.15, 0.2) is 5.82 Å². The normalized spacial score (nSPS) is 10.3. The topological polar surface area (TPSA) is 94.0 Å². The zero-order valence-electron chi connectivity index (χ0n) is 9.31. The average molecular weight is 283 g/mol. The first-order valence-corrected chi connectivity index (χ1v) is 6.26. The molecular formula is C11H11ClN4OS. The molecule has 18 heavy (non-hydrogen) atoms. The standard InChI is InChI=1S/C11H11ClN4OS/c12-7-3-1-2-6(4-7)5-15-11-8(10(14)17)9(13)16-18-11/h1-4,15H,5H2,(H2,13,16)(H2,14,17). The van der Waals surface area contributed by atoms with Crippen molar-refractivity contribution in [2.24, 2.45) is 5.73 Å². The number of nitrogens with two attached hydrogens (primary N) is 2. The summed E-state index contributed by atoms with van der Waals surface area (Å²) in [6.45, 7) is 0.516. The number of hydrogen-bond acceptors (Lipinski definition) is 5. The largest absolute Gasteiger partial charge is 0.382 e. The van der Waals surface area contributed by atoms with E-state index >= 15 is 0 Å². The second-order valence-electron chi connectivity index (χ2n) is 3.62. The Bertz CT molecular complexity index is 584. The molecule has 0 atom stereocenters. The number of rotatable bonds is 4. The molecule has 0 saturated heterocycles. The lowest BCUT2D eigenvalue weighted by atomic mass is 10.2. The molecule has 5 N–H and O–H groups in total. The van der Waals surface area contributed by atoms with Crippen LogP contribution < -0.4 is 16.8 Å². The Morgan fingerprint density at radius 1 is 1.50 bits per heavy atom. The number of amides is 1. The maximum Gasteiger partial charge on any atom is 0.255 e. The third kappa shape index (κ3) is 2.72. The number of nitrogens with one attached hydrogen (secondary N) is 1. The van der Waals surface area contributed by atoms with Crippen molar-refractivity contribution in [3.8, 4) is 0 Å². The van der Waals surface area contributed by atoms with E-state index in [0.717, 1.165) is 17.1 Å². The number of carbonyl (C=O) groups excluding carboxylic acids is 1. The van der Waals surface area contributed by atoms with Gasteiger partial charge in [0.1, 0.15) is 10.6 Å². The smallest absolute Gasteiger partial charge is 0.255 e. The van der Waals surface area contributed by atoms with Crippen molar-refractivity contribution >= 4 is 39.9 Å². The van der Waals surface area contributed by atoms with Gasteiger partial charge < -0.3 is 16.8 Å². The molecule has 2 aromatic rings. The van der Waals surface area contributed by atoms with Crippen LogP contribution in [0.2, 0.25) is 5.02 Å². The average Bonchev–Trinajstić information content (AvgIpc) is 2.68. The fourth-order valence-corrected chi connectivity index (χ4v) is 2.42. The van der Waals surface area contributed by atoms with Gasteiger partial charge in [-0.1, -0.05) is 23.7 Å². The van der Waals surface area contributed by atoms with Crippen LogP contribution in [0.5, 0.6) is 0 Å². The lowest BCUT2D eigenvalue weighted by molar-refractivity contribution is 0.100. The third-order valence-electron chi connectivity index (χ3n) is 2.31. The molecule has 0 spiro atoms. The summed E-state index contributed by atoms with van der Waals surface area (Å²) in [7, 11) is 0. The van der Waals surface area contributed by atoms with E-state index in [4.69, 9.17) is 23.1 Å². The van der Waals surface area contributed by atoms with E-state index in [1.54, 1.807) is 6.07 Å². The molecule has 0 saturated carbocycles. The van der Waals surface area contributed by atoms with Crippen molar-refractivity contribution in [1.29, 1.82) is 0 Å². The summed E-state index contributed by atoms with van der Waals surface area (Å²) >= 11 is 6.99. The van der Waals surface area contributed by atoms with E-state index < -0.39 is 5.91 Å². The van der Waals surface area contributed by atoms with Gasteiger partial charge in [-0.3, -0.25) is 4.79 Å². The molecule has 0 aliphatic rings. The Labute approximate surface area is 113 Å². The molecule has 0 fully saturated rings. The maximum absolute atomic E-state index is 11.2. The first-order chi connectivity index (χ1) is 8.58. The van der Waals surface area contributed by atoms with Crippen LogP contribution in [0.15, 0.2) is 24.3 Å². The molecule has 7 heteroatoms. The zero-order chi connectivity index (χ0) is 13.1. The first-order valence-electron chi connectivity index (χ1n) is 5.11. The highest BCUT2D eigenvalue weighted by molar-refractivity contribution is 7.11. The highest BCUT2D eigenvalue weighted by Crippen LogP contribution is 2.26. The Morgan fingerprint density at radius 2 is 2.28 bits per heavy atom. The molecule has 0 radical (unpaired) electrons. The van der Waals surface area contributed by atoms with Crippen molar-refractivity contribution < 1.29 is 4.79 Å². The molecule has 1 amide bonds. The number of primary amides is 1. The van der Waals surface area contributed by atoms with Crippen LogP contribution in [-0.4, -0.2) is 10.3 Å². The van der Waals surface area contributed by atoms with Gasteiger partial charge in [-0.25, -0.2) is 0 Å². The van der Waals surface area contributed by atoms with Crippen molar-refractivity contribution in [2.75, 3.05) is 11.1 Å². The van der Waals surface area contributed by atoms with E-state index in [-0.39, 0.29) is 11.4 Å². The summed E-state index contributed by atoms with van der Waals surface area (Å²) in [4.78, 5) is 11.2. The second kappa shape index (κ2) is 5.24. The zero-order valence-corrected chi connectivity index (χ0v) is 10.9. The van der Waals surface area contributed by atoms with Gasteiger partial charge >= 0.3 is 0 Å². The van der Waals surface area contributed by atoms with E-state index in [0.29, 0.717) is 16.6 Å². The number of carbonyl (C=O) groups is 1. The van der Waals surface area contributed by atoms with E-state index in [1.165, 1.54) is 0 Å². The Balaban J connectivity index is 2.13. The molecule has 1 aromatic heterocycles. The lowest BCUT2D eigenvalue weighted by Gasteiger charge is -2.05. The van der Waals surface area contributed by atoms with E-state index in [2.05, 4.69) is 9.69 Å². The number of benzene rings is 1. The summed E-state index contributed by atoms with van der Waals surface area (Å²) in [6.07, 6.45) is 0. The quantitative estimate of drug-likeness (QED) is 0.800. The monoisotopic (exact) mass is 282 g/mol. The van der Waals surface area contributed by atoms with Gasteiger partial charge in [0.05, 0.1) is 0 Å². The number of nitrogen functional groups attached to an aromatic ring is 1. The minimum Gasteiger partial charge on any atom is -0.382 e. The molecule has 5 nitrogen and oxygen atoms in total. The molecule has 94 valence electrons. The van der Waals surface area contributed by atoms with Crippen LogP contribution in [0.1, 0.15) is 15.9 Å². The van der Waals surface area contributed by atoms with Crippen LogP contribution in [0.3, 0.4) is 0 Å². The molecular weight excluding hydrogens is 272 g/mol. The number of halogens is 1. The molecule has 0 bridgehead atoms. The highest BCUT2D eigenvalue weighted by atomic mass is 35.5. The number of aromatic nitrogens is 1. The summed E-state index contributed by atoms with van der Waals surface area (Å²) < 4.78 is 3.90. The molecule has 1 heterocycles. The van der Waals surface area contributed by atoms with Crippen LogP contribution in [0.4, 0.5) is 10.8 Å². The minimum absolute atomic E-state index is 0.154. The number of nitrogens with zero attached hydrogens (tertiary/aromatic N) is 1. The van der Waals surface area contributed by atoms with Crippen LogP contribution in [0, 0.1) is 0 Å². The van der Waals surface area contributed by atoms with Gasteiger partial charge in [-0.2, -0.15) is 4.37 Å². The summed E-state index contributed by atoms with van der Waals surface area (Å²) in [5.41, 5.74) is 12.0. The first kappa shape index (κ1) is 12.7. The van der Waals surface area contributed by atoms with Crippen molar-refractivity contribution in [1.82, 2.24) is 4.37 Å². The van der Waals surface area contributed by atoms with Crippen molar-refractivity contribution in [3.05, 3.63) is 40.4 Å². The van der Waals surface area contributed by atoms with Gasteiger partial charge in [-0.05, 0) is 29.2 Å². The lowest BCUT2D eigenvalue weighted by Crippen LogP contribution is -2.14. The molecule has 0 unspecified atom stereocenters. The molecule has 1 aromatic carbocycles. The van der Waals surface area contributed by atoms with Gasteiger partial charge in [-0.15, -0.1) is 0 Å². The Kier molecular flexibility index (Phi) is 3.69. The summed E-state index contributed by atoms with van der Waals surface area (Å²) in [5.74, 6) is -0.434. The number of anilines is 2. The SMILES string of the molecule is NC(=O)c1c(N)nsc1NCc1cccc(Cl)c1. The Hall–Kier alpha value is -1.79. The Morgan fingerprint density at radius 3 is 2.94 bits per heavy atom. The van der Waals surface area contributed by atoms with E-state index in [9.17, 15) is 4.79 Å². The van der Waals surface area contributed by atoms with Crippen LogP contribution in [0.25, 0.3) is 0 Å². The number of hydrogen-bond donors (Lipinski definition) is 3. The molecule has 2 rings (SSSR count). The van der Waals surface area contributed by atoms with Gasteiger partial charge in [0, 0.05) is 11.6 Å². The summed E-state index contributed by atoms with van der Waals surface area (Å²) in [5, 5.41) is 4.31. The molecule has 0 aliphatic heterocycles. The molecule has 0 aliphatic carbocycles. The van der Waals surface area contributed by atoms with Gasteiger partial charge in [0.2, 0.25) is 0 Å². The second-order valence-corrected chi connectivity index (χ2v) is 4.83. The van der Waals surface area contributed by atoms with Gasteiger partial charge in [0.25, 0.3) is 5.91 Å². The van der Waals surface area contributed by atoms with Crippen LogP contribution in [-0.2, 0) is 6.54 Å². The van der Waals surface area contributed by atoms with E-state index in [1.807, 2.05) is 18.2 Å². The highest BCUT2D eigenvalue weighted by Gasteiger charge is 2.16. The van der Waals surface area contributed by atoms with Crippen molar-refractivity contribution in [2.45, 2.75) is 6.54 Å². The summed E-state index contributed by atoms with van der Waals surface area (Å²) in [6, 6.07) is 7.41. The van der Waals surface area contributed by atoms with Crippen molar-refractivity contribution in [3.63, 3.8) is 0 Å². The third-order valence-corrected chi connectivity index (χ3v) is 3.36.